The van der Waals surface area contributed by atoms with Crippen molar-refractivity contribution < 1.29 is 19.5 Å². The molecule has 0 aromatic rings. The minimum atomic E-state index is 0. The molecule has 2 nitrogen and oxygen atoms in total. The zero-order valence-corrected chi connectivity index (χ0v) is 17.9. The summed E-state index contributed by atoms with van der Waals surface area (Å²) in [6.45, 7) is 4.28. The van der Waals surface area contributed by atoms with Gasteiger partial charge in [-0.25, -0.2) is 0 Å². The maximum Gasteiger partial charge on any atom is 2.00 e. The third-order valence-corrected chi connectivity index (χ3v) is 2.19. The summed E-state index contributed by atoms with van der Waals surface area (Å²) in [4.78, 5) is 7.57. The van der Waals surface area contributed by atoms with E-state index in [-0.39, 0.29) is 19.5 Å². The third-order valence-electron chi connectivity index (χ3n) is 1.77. The van der Waals surface area contributed by atoms with Crippen molar-refractivity contribution in [3.8, 4) is 0 Å². The second-order valence-electron chi connectivity index (χ2n) is 3.44. The smallest absolute Gasteiger partial charge is 0.409 e. The molecule has 0 bridgehead atoms. The number of hydrogen-bond acceptors (Lipinski definition) is 4. The van der Waals surface area contributed by atoms with Crippen LogP contribution in [-0.2, 0) is 44.7 Å². The number of rotatable bonds is 6. The summed E-state index contributed by atoms with van der Waals surface area (Å²) in [5.74, 6) is 0. The average Bonchev–Trinajstić information content (AvgIpc) is 2.31. The van der Waals surface area contributed by atoms with Gasteiger partial charge in [-0.05, 0) is 34.3 Å². The van der Waals surface area contributed by atoms with Crippen LogP contribution in [-0.4, -0.2) is 21.1 Å². The molecular weight excluding hydrogens is 366 g/mol. The minimum Gasteiger partial charge on any atom is -0.409 e. The van der Waals surface area contributed by atoms with Crippen LogP contribution in [0.2, 0.25) is 0 Å². The average molecular weight is 386 g/mol. The van der Waals surface area contributed by atoms with Crippen molar-refractivity contribution in [1.29, 1.82) is 0 Å². The Balaban J connectivity index is -0.000000256. The molecule has 0 aliphatic heterocycles. The van der Waals surface area contributed by atoms with E-state index in [9.17, 15) is 0 Å². The molecule has 0 fully saturated rings. The minimum absolute atomic E-state index is 0. The predicted molar refractivity (Wildman–Crippen MR) is 96.0 cm³/mol. The van der Waals surface area contributed by atoms with Crippen LogP contribution in [0.25, 0.3) is 0 Å². The van der Waals surface area contributed by atoms with Crippen molar-refractivity contribution >= 4 is 70.8 Å². The van der Waals surface area contributed by atoms with Crippen LogP contribution in [0.1, 0.15) is 52.4 Å². The zero-order chi connectivity index (χ0) is 14.2. The molecule has 0 atom stereocenters. The van der Waals surface area contributed by atoms with Gasteiger partial charge in [-0.15, -0.1) is 0 Å². The van der Waals surface area contributed by atoms with Crippen molar-refractivity contribution in [2.75, 3.05) is 0 Å². The van der Waals surface area contributed by atoms with Gasteiger partial charge in [0.2, 0.25) is 0 Å². The van der Waals surface area contributed by atoms with E-state index in [1.807, 2.05) is 0 Å². The van der Waals surface area contributed by atoms with Gasteiger partial charge >= 0.3 is 19.5 Å². The first kappa shape index (κ1) is 24.6. The molecule has 0 saturated heterocycles. The molecular formula is C12H20N2S4Zn. The Morgan fingerprint density at radius 2 is 1.21 bits per heavy atom. The first-order valence-corrected chi connectivity index (χ1v) is 7.64. The van der Waals surface area contributed by atoms with E-state index in [1.165, 1.54) is 25.7 Å². The summed E-state index contributed by atoms with van der Waals surface area (Å²) in [7, 11) is 0. The SMILES string of the molecule is CCCCC=NC(=S)[S-].CCCCC=NC(=S)[S-].[Zn+2]. The molecule has 0 aliphatic rings. The molecule has 0 spiro atoms. The Hall–Kier alpha value is 0.583. The first-order valence-electron chi connectivity index (χ1n) is 6.01. The van der Waals surface area contributed by atoms with Gasteiger partial charge in [0.25, 0.3) is 0 Å². The molecule has 7 heteroatoms. The molecule has 0 aliphatic carbocycles. The maximum absolute atomic E-state index is 4.56. The van der Waals surface area contributed by atoms with Crippen LogP contribution < -0.4 is 0 Å². The van der Waals surface area contributed by atoms with Crippen LogP contribution in [0.4, 0.5) is 0 Å². The van der Waals surface area contributed by atoms with Crippen LogP contribution in [0.15, 0.2) is 9.98 Å². The number of nitrogens with zero attached hydrogens (tertiary/aromatic N) is 2. The van der Waals surface area contributed by atoms with Gasteiger partial charge < -0.3 is 49.7 Å². The molecule has 19 heavy (non-hydrogen) atoms. The van der Waals surface area contributed by atoms with Crippen molar-refractivity contribution in [2.45, 2.75) is 52.4 Å². The molecule has 0 unspecified atom stereocenters. The molecule has 0 saturated carbocycles. The Bertz CT molecular complexity index is 253. The van der Waals surface area contributed by atoms with Gasteiger partial charge in [-0.3, -0.25) is 9.98 Å². The summed E-state index contributed by atoms with van der Waals surface area (Å²) >= 11 is 18.2. The molecule has 0 rings (SSSR count). The Morgan fingerprint density at radius 3 is 1.42 bits per heavy atom. The van der Waals surface area contributed by atoms with Gasteiger partial charge in [0.05, 0.1) is 0 Å². The van der Waals surface area contributed by atoms with Crippen molar-refractivity contribution in [3.05, 3.63) is 0 Å². The van der Waals surface area contributed by atoms with Crippen LogP contribution in [0.5, 0.6) is 0 Å². The van der Waals surface area contributed by atoms with Crippen molar-refractivity contribution in [3.63, 3.8) is 0 Å². The van der Waals surface area contributed by atoms with E-state index in [1.54, 1.807) is 12.4 Å². The normalized spacial score (nSPS) is 9.79. The fourth-order valence-electron chi connectivity index (χ4n) is 0.869. The molecule has 0 heterocycles. The summed E-state index contributed by atoms with van der Waals surface area (Å²) in [6.07, 6.45) is 10.3. The molecule has 0 aromatic carbocycles. The van der Waals surface area contributed by atoms with Gasteiger partial charge in [-0.1, -0.05) is 26.7 Å². The summed E-state index contributed by atoms with van der Waals surface area (Å²) in [5.41, 5.74) is 0. The van der Waals surface area contributed by atoms with Crippen LogP contribution in [0, 0.1) is 0 Å². The van der Waals surface area contributed by atoms with Crippen molar-refractivity contribution in [1.82, 2.24) is 0 Å². The summed E-state index contributed by atoms with van der Waals surface area (Å²) < 4.78 is 0.622. The first-order chi connectivity index (χ1) is 8.54. The largest absolute Gasteiger partial charge is 2.00 e. The molecule has 0 amide bonds. The summed E-state index contributed by atoms with van der Waals surface area (Å²) in [5, 5.41) is 0. The number of thiocarbonyl (C=S) groups is 2. The zero-order valence-electron chi connectivity index (χ0n) is 11.6. The molecule has 0 aromatic heterocycles. The maximum atomic E-state index is 4.56. The van der Waals surface area contributed by atoms with E-state index in [0.717, 1.165) is 12.8 Å². The number of aliphatic imine (C=N–C) groups is 2. The fraction of sp³-hybridized carbons (Fsp3) is 0.667. The fourth-order valence-corrected chi connectivity index (χ4v) is 1.17. The van der Waals surface area contributed by atoms with E-state index in [2.05, 4.69) is 73.5 Å². The quantitative estimate of drug-likeness (QED) is 0.225. The monoisotopic (exact) mass is 384 g/mol. The molecule has 104 valence electrons. The number of unbranched alkanes of at least 4 members (excludes halogenated alkanes) is 4. The second kappa shape index (κ2) is 20.9. The second-order valence-corrected chi connectivity index (χ2v) is 5.50. The third kappa shape index (κ3) is 32.3. The predicted octanol–water partition coefficient (Wildman–Crippen LogP) is 4.16. The van der Waals surface area contributed by atoms with Gasteiger partial charge in [0.15, 0.2) is 0 Å². The Labute approximate surface area is 151 Å². The topological polar surface area (TPSA) is 24.7 Å². The van der Waals surface area contributed by atoms with E-state index in [4.69, 9.17) is 0 Å². The van der Waals surface area contributed by atoms with Gasteiger partial charge in [0, 0.05) is 12.4 Å². The Morgan fingerprint density at radius 1 is 0.895 bits per heavy atom. The van der Waals surface area contributed by atoms with Crippen LogP contribution >= 0.6 is 24.4 Å². The number of hydrogen-bond donors (Lipinski definition) is 0. The van der Waals surface area contributed by atoms with Gasteiger partial charge in [0.1, 0.15) is 0 Å². The Kier molecular flexibility index (Phi) is 27.0. The van der Waals surface area contributed by atoms with Crippen molar-refractivity contribution in [2.24, 2.45) is 9.98 Å². The summed E-state index contributed by atoms with van der Waals surface area (Å²) in [6, 6.07) is 0. The van der Waals surface area contributed by atoms with E-state index in [0.29, 0.717) is 8.64 Å². The standard InChI is InChI=1S/2C6H11NS2.Zn/c2*1-2-3-4-5-7-6(8)9;/h2*5H,2-4H2,1H3,(H,8,9);/q;;+2/p-2. The molecule has 0 radical (unpaired) electrons. The van der Waals surface area contributed by atoms with E-state index < -0.39 is 0 Å². The van der Waals surface area contributed by atoms with Crippen LogP contribution in [0.3, 0.4) is 0 Å². The van der Waals surface area contributed by atoms with Gasteiger partial charge in [-0.2, -0.15) is 0 Å². The van der Waals surface area contributed by atoms with E-state index >= 15 is 0 Å². The molecule has 0 N–H and O–H groups in total.